The van der Waals surface area contributed by atoms with Gasteiger partial charge in [-0.25, -0.2) is 4.39 Å². The van der Waals surface area contributed by atoms with Crippen LogP contribution in [0.2, 0.25) is 5.02 Å². The molecule has 0 bridgehead atoms. The average molecular weight is 416 g/mol. The van der Waals surface area contributed by atoms with Gasteiger partial charge in [0.2, 0.25) is 5.91 Å². The van der Waals surface area contributed by atoms with Crippen molar-refractivity contribution in [1.82, 2.24) is 9.80 Å². The van der Waals surface area contributed by atoms with E-state index in [4.69, 9.17) is 21.6 Å². The van der Waals surface area contributed by atoms with E-state index in [-0.39, 0.29) is 11.7 Å². The van der Waals surface area contributed by atoms with E-state index in [0.717, 1.165) is 25.1 Å². The fourth-order valence-electron chi connectivity index (χ4n) is 3.29. The van der Waals surface area contributed by atoms with Crippen molar-refractivity contribution < 1.29 is 13.9 Å². The van der Waals surface area contributed by atoms with Gasteiger partial charge in [0.25, 0.3) is 0 Å². The number of halogens is 2. The van der Waals surface area contributed by atoms with Crippen LogP contribution < -0.4 is 4.74 Å². The summed E-state index contributed by atoms with van der Waals surface area (Å²) in [6.45, 7) is 3.86. The van der Waals surface area contributed by atoms with Gasteiger partial charge in [-0.2, -0.15) is 5.26 Å². The Morgan fingerprint density at radius 1 is 1.17 bits per heavy atom. The van der Waals surface area contributed by atoms with Crippen LogP contribution >= 0.6 is 11.6 Å². The number of ether oxygens (including phenoxy) is 1. The first kappa shape index (κ1) is 21.1. The summed E-state index contributed by atoms with van der Waals surface area (Å²) in [7, 11) is 0. The Balaban J connectivity index is 1.45. The van der Waals surface area contributed by atoms with Gasteiger partial charge in [-0.15, -0.1) is 0 Å². The van der Waals surface area contributed by atoms with Crippen LogP contribution in [0.25, 0.3) is 0 Å². The molecule has 0 unspecified atom stereocenters. The van der Waals surface area contributed by atoms with Crippen molar-refractivity contribution in [2.75, 3.05) is 32.8 Å². The molecule has 7 heteroatoms. The van der Waals surface area contributed by atoms with E-state index in [1.54, 1.807) is 29.2 Å². The van der Waals surface area contributed by atoms with Gasteiger partial charge in [-0.05, 0) is 42.3 Å². The van der Waals surface area contributed by atoms with Gasteiger partial charge in [0.15, 0.2) is 0 Å². The molecule has 1 amide bonds. The molecule has 1 saturated heterocycles. The Labute approximate surface area is 175 Å². The van der Waals surface area contributed by atoms with Crippen molar-refractivity contribution in [3.05, 3.63) is 64.4 Å². The number of carbonyl (C=O) groups is 1. The molecule has 0 atom stereocenters. The summed E-state index contributed by atoms with van der Waals surface area (Å²) in [6.07, 6.45) is 1.28. The normalized spacial score (nSPS) is 15.1. The van der Waals surface area contributed by atoms with Crippen molar-refractivity contribution in [2.24, 2.45) is 0 Å². The second-order valence-electron chi connectivity index (χ2n) is 6.98. The third kappa shape index (κ3) is 6.18. The molecule has 1 aliphatic rings. The maximum absolute atomic E-state index is 13.2. The van der Waals surface area contributed by atoms with Gasteiger partial charge in [0, 0.05) is 44.2 Å². The predicted octanol–water partition coefficient (Wildman–Crippen LogP) is 3.85. The highest BCUT2D eigenvalue weighted by atomic mass is 35.5. The van der Waals surface area contributed by atoms with Gasteiger partial charge in [0.05, 0.1) is 18.2 Å². The lowest BCUT2D eigenvalue weighted by Gasteiger charge is -2.22. The second-order valence-corrected chi connectivity index (χ2v) is 7.39. The maximum Gasteiger partial charge on any atom is 0.224 e. The zero-order chi connectivity index (χ0) is 20.6. The molecule has 1 heterocycles. The molecule has 0 spiro atoms. The van der Waals surface area contributed by atoms with Crippen molar-refractivity contribution in [2.45, 2.75) is 19.4 Å². The van der Waals surface area contributed by atoms with Crippen molar-refractivity contribution in [3.63, 3.8) is 0 Å². The van der Waals surface area contributed by atoms with Gasteiger partial charge in [-0.3, -0.25) is 4.79 Å². The largest absolute Gasteiger partial charge is 0.494 e. The number of carbonyl (C=O) groups excluding carboxylic acids is 1. The minimum Gasteiger partial charge on any atom is -0.494 e. The Bertz CT molecular complexity index is 900. The summed E-state index contributed by atoms with van der Waals surface area (Å²) in [5.41, 5.74) is 1.33. The van der Waals surface area contributed by atoms with E-state index in [1.807, 2.05) is 6.07 Å². The van der Waals surface area contributed by atoms with Crippen LogP contribution in [0.5, 0.6) is 5.75 Å². The lowest BCUT2D eigenvalue weighted by molar-refractivity contribution is -0.130. The Hall–Kier alpha value is -2.62. The minimum absolute atomic E-state index is 0.0810. The van der Waals surface area contributed by atoms with Crippen LogP contribution in [-0.4, -0.2) is 48.5 Å². The molecule has 0 radical (unpaired) electrons. The first-order chi connectivity index (χ1) is 14.0. The van der Waals surface area contributed by atoms with E-state index < -0.39 is 0 Å². The molecule has 3 rings (SSSR count). The van der Waals surface area contributed by atoms with E-state index in [1.165, 1.54) is 12.1 Å². The maximum atomic E-state index is 13.2. The molecule has 1 aliphatic heterocycles. The zero-order valence-electron chi connectivity index (χ0n) is 16.1. The first-order valence-corrected chi connectivity index (χ1v) is 10.00. The summed E-state index contributed by atoms with van der Waals surface area (Å²) < 4.78 is 18.9. The fraction of sp³-hybridized carbons (Fsp3) is 0.364. The van der Waals surface area contributed by atoms with Crippen LogP contribution in [0.1, 0.15) is 24.0 Å². The number of rotatable bonds is 7. The molecule has 152 valence electrons. The van der Waals surface area contributed by atoms with Crippen molar-refractivity contribution >= 4 is 17.5 Å². The quantitative estimate of drug-likeness (QED) is 0.644. The highest BCUT2D eigenvalue weighted by molar-refractivity contribution is 6.31. The number of amides is 1. The molecule has 5 nitrogen and oxygen atoms in total. The number of nitrogens with zero attached hydrogens (tertiary/aromatic N) is 3. The number of benzene rings is 2. The fourth-order valence-corrected chi connectivity index (χ4v) is 3.52. The van der Waals surface area contributed by atoms with Gasteiger partial charge < -0.3 is 14.5 Å². The summed E-state index contributed by atoms with van der Waals surface area (Å²) >= 11 is 6.10. The van der Waals surface area contributed by atoms with E-state index >= 15 is 0 Å². The number of hydrogen-bond donors (Lipinski definition) is 0. The summed E-state index contributed by atoms with van der Waals surface area (Å²) in [5.74, 6) is 0.392. The second kappa shape index (κ2) is 10.2. The molecule has 0 aliphatic carbocycles. The zero-order valence-corrected chi connectivity index (χ0v) is 16.9. The summed E-state index contributed by atoms with van der Waals surface area (Å²) in [4.78, 5) is 16.5. The topological polar surface area (TPSA) is 56.6 Å². The smallest absolute Gasteiger partial charge is 0.224 e. The monoisotopic (exact) mass is 415 g/mol. The van der Waals surface area contributed by atoms with Crippen molar-refractivity contribution in [1.29, 1.82) is 5.26 Å². The van der Waals surface area contributed by atoms with Gasteiger partial charge >= 0.3 is 0 Å². The standard InChI is InChI=1S/C22H23ClFN3O2/c23-21-14-19(24)6-5-18(21)16-27-11-10-26(9-7-22(27)28)8-2-12-29-20-4-1-3-17(13-20)15-25/h1,3-6,13-14H,2,7-12,16H2. The first-order valence-electron chi connectivity index (χ1n) is 9.62. The molecule has 29 heavy (non-hydrogen) atoms. The number of nitriles is 1. The van der Waals surface area contributed by atoms with Crippen LogP contribution in [0.15, 0.2) is 42.5 Å². The average Bonchev–Trinajstić information content (AvgIpc) is 2.89. The van der Waals surface area contributed by atoms with Gasteiger partial charge in [-0.1, -0.05) is 23.7 Å². The number of hydrogen-bond acceptors (Lipinski definition) is 4. The molecular formula is C22H23ClFN3O2. The molecule has 0 saturated carbocycles. The van der Waals surface area contributed by atoms with Crippen LogP contribution in [0.4, 0.5) is 4.39 Å². The molecule has 0 N–H and O–H groups in total. The van der Waals surface area contributed by atoms with Crippen molar-refractivity contribution in [3.8, 4) is 11.8 Å². The lowest BCUT2D eigenvalue weighted by atomic mass is 10.2. The SMILES string of the molecule is N#Cc1cccc(OCCCN2CCC(=O)N(Cc3ccc(F)cc3Cl)CC2)c1. The lowest BCUT2D eigenvalue weighted by Crippen LogP contribution is -2.33. The Kier molecular flexibility index (Phi) is 7.45. The van der Waals surface area contributed by atoms with Crippen LogP contribution in [0, 0.1) is 17.1 Å². The Morgan fingerprint density at radius 2 is 2.03 bits per heavy atom. The van der Waals surface area contributed by atoms with E-state index in [9.17, 15) is 9.18 Å². The van der Waals surface area contributed by atoms with Crippen LogP contribution in [-0.2, 0) is 11.3 Å². The minimum atomic E-state index is -0.381. The van der Waals surface area contributed by atoms with Crippen LogP contribution in [0.3, 0.4) is 0 Å². The predicted molar refractivity (Wildman–Crippen MR) is 109 cm³/mol. The molecule has 0 aromatic heterocycles. The van der Waals surface area contributed by atoms with E-state index in [2.05, 4.69) is 11.0 Å². The molecule has 1 fully saturated rings. The highest BCUT2D eigenvalue weighted by Gasteiger charge is 2.21. The summed E-state index contributed by atoms with van der Waals surface area (Å²) in [6, 6.07) is 13.5. The summed E-state index contributed by atoms with van der Waals surface area (Å²) in [5, 5.41) is 9.27. The molecular weight excluding hydrogens is 393 g/mol. The molecule has 2 aromatic carbocycles. The third-order valence-electron chi connectivity index (χ3n) is 4.91. The molecule has 2 aromatic rings. The third-order valence-corrected chi connectivity index (χ3v) is 5.26. The Morgan fingerprint density at radius 3 is 2.83 bits per heavy atom. The highest BCUT2D eigenvalue weighted by Crippen LogP contribution is 2.20. The van der Waals surface area contributed by atoms with Gasteiger partial charge in [0.1, 0.15) is 11.6 Å². The van der Waals surface area contributed by atoms with E-state index in [0.29, 0.717) is 49.0 Å².